The van der Waals surface area contributed by atoms with Gasteiger partial charge in [-0.3, -0.25) is 0 Å². The third kappa shape index (κ3) is 2.22. The third-order valence-electron chi connectivity index (χ3n) is 2.33. The van der Waals surface area contributed by atoms with E-state index in [-0.39, 0.29) is 11.7 Å². The minimum atomic E-state index is -0.262. The van der Waals surface area contributed by atoms with Crippen molar-refractivity contribution in [2.75, 3.05) is 13.6 Å². The lowest BCUT2D eigenvalue weighted by Crippen LogP contribution is -2.19. The van der Waals surface area contributed by atoms with Gasteiger partial charge < -0.3 is 5.32 Å². The molecule has 2 rings (SSSR count). The van der Waals surface area contributed by atoms with Crippen molar-refractivity contribution in [3.05, 3.63) is 41.5 Å². The van der Waals surface area contributed by atoms with Gasteiger partial charge in [0.25, 0.3) is 0 Å². The minimum absolute atomic E-state index is 0.0977. The number of halogens is 1. The molecule has 1 heterocycles. The molecule has 16 heavy (non-hydrogen) atoms. The standard InChI is InChI=1S/C10H12FN5/c1-12-6-9(10-13-15-16-14-10)7-3-2-4-8(11)5-7/h2-5,9,12H,6H2,1H3,(H,13,14,15,16). The first-order chi connectivity index (χ1) is 7.81. The molecule has 1 aromatic heterocycles. The van der Waals surface area contributed by atoms with Crippen molar-refractivity contribution in [1.29, 1.82) is 0 Å². The number of rotatable bonds is 4. The highest BCUT2D eigenvalue weighted by Gasteiger charge is 2.18. The highest BCUT2D eigenvalue weighted by molar-refractivity contribution is 5.26. The first kappa shape index (κ1) is 10.7. The van der Waals surface area contributed by atoms with E-state index in [9.17, 15) is 4.39 Å². The fourth-order valence-electron chi connectivity index (χ4n) is 1.60. The van der Waals surface area contributed by atoms with E-state index in [1.54, 1.807) is 6.07 Å². The van der Waals surface area contributed by atoms with Crippen LogP contribution in [0.5, 0.6) is 0 Å². The fraction of sp³-hybridized carbons (Fsp3) is 0.300. The van der Waals surface area contributed by atoms with Gasteiger partial charge in [-0.05, 0) is 24.7 Å². The van der Waals surface area contributed by atoms with Crippen LogP contribution in [0.4, 0.5) is 4.39 Å². The van der Waals surface area contributed by atoms with Crippen LogP contribution in [0.1, 0.15) is 17.3 Å². The van der Waals surface area contributed by atoms with E-state index < -0.39 is 0 Å². The summed E-state index contributed by atoms with van der Waals surface area (Å²) >= 11 is 0. The molecule has 2 aromatic rings. The maximum atomic E-state index is 13.1. The van der Waals surface area contributed by atoms with Crippen LogP contribution in [-0.2, 0) is 0 Å². The molecule has 6 heteroatoms. The smallest absolute Gasteiger partial charge is 0.183 e. The lowest BCUT2D eigenvalue weighted by atomic mass is 9.98. The SMILES string of the molecule is CNCC(c1cccc(F)c1)c1nn[nH]n1. The van der Waals surface area contributed by atoms with Gasteiger partial charge in [0.2, 0.25) is 0 Å². The number of H-pyrrole nitrogens is 1. The third-order valence-corrected chi connectivity index (χ3v) is 2.33. The van der Waals surface area contributed by atoms with E-state index in [0.717, 1.165) is 5.56 Å². The van der Waals surface area contributed by atoms with Crippen LogP contribution in [0.25, 0.3) is 0 Å². The number of nitrogens with zero attached hydrogens (tertiary/aromatic N) is 3. The summed E-state index contributed by atoms with van der Waals surface area (Å²) in [6.45, 7) is 0.628. The highest BCUT2D eigenvalue weighted by Crippen LogP contribution is 2.20. The molecule has 0 bridgehead atoms. The molecule has 5 nitrogen and oxygen atoms in total. The number of nitrogens with one attached hydrogen (secondary N) is 2. The van der Waals surface area contributed by atoms with Gasteiger partial charge in [0, 0.05) is 6.54 Å². The molecule has 0 aliphatic rings. The minimum Gasteiger partial charge on any atom is -0.319 e. The number of likely N-dealkylation sites (N-methyl/N-ethyl adjacent to an activating group) is 1. The van der Waals surface area contributed by atoms with Gasteiger partial charge in [-0.25, -0.2) is 4.39 Å². The van der Waals surface area contributed by atoms with Crippen molar-refractivity contribution < 1.29 is 4.39 Å². The first-order valence-corrected chi connectivity index (χ1v) is 4.94. The van der Waals surface area contributed by atoms with E-state index in [2.05, 4.69) is 25.9 Å². The van der Waals surface area contributed by atoms with Crippen LogP contribution in [0.2, 0.25) is 0 Å². The maximum absolute atomic E-state index is 13.1. The molecule has 0 fully saturated rings. The van der Waals surface area contributed by atoms with E-state index in [1.165, 1.54) is 12.1 Å². The Morgan fingerprint density at radius 1 is 1.50 bits per heavy atom. The largest absolute Gasteiger partial charge is 0.319 e. The summed E-state index contributed by atoms with van der Waals surface area (Å²) in [6.07, 6.45) is 0. The Hall–Kier alpha value is -1.82. The lowest BCUT2D eigenvalue weighted by molar-refractivity contribution is 0.616. The predicted octanol–water partition coefficient (Wildman–Crippen LogP) is 0.690. The Morgan fingerprint density at radius 2 is 2.38 bits per heavy atom. The summed E-state index contributed by atoms with van der Waals surface area (Å²) in [4.78, 5) is 0. The molecule has 1 aromatic carbocycles. The molecule has 2 N–H and O–H groups in total. The van der Waals surface area contributed by atoms with Gasteiger partial charge >= 0.3 is 0 Å². The number of aromatic nitrogens is 4. The molecule has 1 atom stereocenters. The summed E-state index contributed by atoms with van der Waals surface area (Å²) in [5.41, 5.74) is 0.829. The number of aromatic amines is 1. The highest BCUT2D eigenvalue weighted by atomic mass is 19.1. The van der Waals surface area contributed by atoms with Crippen LogP contribution < -0.4 is 5.32 Å². The second kappa shape index (κ2) is 4.80. The molecule has 84 valence electrons. The summed E-state index contributed by atoms with van der Waals surface area (Å²) < 4.78 is 13.1. The lowest BCUT2D eigenvalue weighted by Gasteiger charge is -2.12. The van der Waals surface area contributed by atoms with Crippen molar-refractivity contribution >= 4 is 0 Å². The monoisotopic (exact) mass is 221 g/mol. The Labute approximate surface area is 92.1 Å². The van der Waals surface area contributed by atoms with Gasteiger partial charge in [-0.2, -0.15) is 5.21 Å². The summed E-state index contributed by atoms with van der Waals surface area (Å²) in [6, 6.07) is 6.42. The van der Waals surface area contributed by atoms with Crippen molar-refractivity contribution in [3.63, 3.8) is 0 Å². The predicted molar refractivity (Wildman–Crippen MR) is 56.3 cm³/mol. The van der Waals surface area contributed by atoms with Crippen LogP contribution in [0.15, 0.2) is 24.3 Å². The second-order valence-corrected chi connectivity index (χ2v) is 3.44. The molecule has 1 unspecified atom stereocenters. The number of hydrogen-bond donors (Lipinski definition) is 2. The van der Waals surface area contributed by atoms with Crippen molar-refractivity contribution in [2.45, 2.75) is 5.92 Å². The molecule has 0 spiro atoms. The second-order valence-electron chi connectivity index (χ2n) is 3.44. The van der Waals surface area contributed by atoms with Crippen LogP contribution >= 0.6 is 0 Å². The zero-order valence-corrected chi connectivity index (χ0v) is 8.81. The summed E-state index contributed by atoms with van der Waals surface area (Å²) in [5, 5.41) is 16.8. The zero-order chi connectivity index (χ0) is 11.4. The van der Waals surface area contributed by atoms with E-state index in [0.29, 0.717) is 12.4 Å². The summed E-state index contributed by atoms with van der Waals surface area (Å²) in [5.74, 6) is 0.196. The average Bonchev–Trinajstić information content (AvgIpc) is 2.79. The van der Waals surface area contributed by atoms with Crippen molar-refractivity contribution in [2.24, 2.45) is 0 Å². The Morgan fingerprint density at radius 3 is 3.00 bits per heavy atom. The van der Waals surface area contributed by atoms with Crippen molar-refractivity contribution in [1.82, 2.24) is 25.9 Å². The molecular weight excluding hydrogens is 209 g/mol. The van der Waals surface area contributed by atoms with Crippen molar-refractivity contribution in [3.8, 4) is 0 Å². The molecule has 0 aliphatic heterocycles. The number of benzene rings is 1. The maximum Gasteiger partial charge on any atom is 0.183 e. The molecule has 0 amide bonds. The van der Waals surface area contributed by atoms with E-state index >= 15 is 0 Å². The molecule has 0 saturated carbocycles. The van der Waals surface area contributed by atoms with Gasteiger partial charge in [-0.1, -0.05) is 17.3 Å². The Bertz CT molecular complexity index is 442. The zero-order valence-electron chi connectivity index (χ0n) is 8.81. The first-order valence-electron chi connectivity index (χ1n) is 4.94. The molecule has 0 saturated heterocycles. The van der Waals surface area contributed by atoms with Crippen LogP contribution in [0.3, 0.4) is 0 Å². The van der Waals surface area contributed by atoms with Gasteiger partial charge in [0.15, 0.2) is 5.82 Å². The van der Waals surface area contributed by atoms with E-state index in [1.807, 2.05) is 13.1 Å². The van der Waals surface area contributed by atoms with Gasteiger partial charge in [0.05, 0.1) is 5.92 Å². The summed E-state index contributed by atoms with van der Waals surface area (Å²) in [7, 11) is 1.83. The Balaban J connectivity index is 2.33. The number of hydrogen-bond acceptors (Lipinski definition) is 4. The van der Waals surface area contributed by atoms with Gasteiger partial charge in [-0.15, -0.1) is 10.2 Å². The van der Waals surface area contributed by atoms with E-state index in [4.69, 9.17) is 0 Å². The normalized spacial score (nSPS) is 12.6. The quantitative estimate of drug-likeness (QED) is 0.797. The fourth-order valence-corrected chi connectivity index (χ4v) is 1.60. The number of tetrazole rings is 1. The topological polar surface area (TPSA) is 66.5 Å². The molecular formula is C10H12FN5. The molecule has 0 aliphatic carbocycles. The van der Waals surface area contributed by atoms with Gasteiger partial charge in [0.1, 0.15) is 5.82 Å². The van der Waals surface area contributed by atoms with Crippen LogP contribution in [0, 0.1) is 5.82 Å². The average molecular weight is 221 g/mol. The Kier molecular flexibility index (Phi) is 3.21. The van der Waals surface area contributed by atoms with Crippen LogP contribution in [-0.4, -0.2) is 34.2 Å². The molecule has 0 radical (unpaired) electrons.